The Bertz CT molecular complexity index is 718. The molecule has 1 fully saturated rings. The fourth-order valence-corrected chi connectivity index (χ4v) is 2.83. The van der Waals surface area contributed by atoms with Gasteiger partial charge in [-0.1, -0.05) is 36.4 Å². The van der Waals surface area contributed by atoms with Crippen molar-refractivity contribution in [2.45, 2.75) is 18.9 Å². The molecule has 0 aliphatic carbocycles. The first-order chi connectivity index (χ1) is 11.2. The molecular weight excluding hydrogens is 295 g/mol. The molecule has 3 rings (SSSR count). The lowest BCUT2D eigenvalue weighted by molar-refractivity contribution is -0.674. The van der Waals surface area contributed by atoms with E-state index >= 15 is 0 Å². The molecule has 1 aliphatic heterocycles. The van der Waals surface area contributed by atoms with E-state index in [0.717, 1.165) is 0 Å². The van der Waals surface area contributed by atoms with E-state index in [-0.39, 0.29) is 24.1 Å². The number of quaternary nitrogens is 1. The first kappa shape index (κ1) is 15.4. The summed E-state index contributed by atoms with van der Waals surface area (Å²) in [6, 6.07) is 15.1. The van der Waals surface area contributed by atoms with Crippen molar-refractivity contribution in [2.75, 3.05) is 11.4 Å². The van der Waals surface area contributed by atoms with Crippen molar-refractivity contribution < 1.29 is 19.3 Å². The highest BCUT2D eigenvalue weighted by atomic mass is 19.1. The third kappa shape index (κ3) is 3.29. The fraction of sp³-hybridized carbons (Fsp3) is 0.222. The maximum absolute atomic E-state index is 13.6. The molecule has 1 saturated heterocycles. The van der Waals surface area contributed by atoms with Gasteiger partial charge in [0.2, 0.25) is 5.91 Å². The van der Waals surface area contributed by atoms with Crippen molar-refractivity contribution >= 4 is 17.5 Å². The molecule has 0 spiro atoms. The van der Waals surface area contributed by atoms with Gasteiger partial charge >= 0.3 is 0 Å². The van der Waals surface area contributed by atoms with E-state index in [4.69, 9.17) is 0 Å². The lowest BCUT2D eigenvalue weighted by Gasteiger charge is -2.13. The maximum atomic E-state index is 13.6. The van der Waals surface area contributed by atoms with Gasteiger partial charge in [0.05, 0.1) is 18.7 Å². The zero-order valence-corrected chi connectivity index (χ0v) is 12.6. The standard InChI is InChI=1S/C18H17FN2O2/c19-15-9-5-4-6-13(15)10-11-20-16-12-17(22)21(18(16)23)14-7-2-1-3-8-14/h1-9,16,20H,10-12H2/p+1/t16-/m0/s1. The number of para-hydroxylation sites is 1. The smallest absolute Gasteiger partial charge is 0.292 e. The summed E-state index contributed by atoms with van der Waals surface area (Å²) in [5.41, 5.74) is 1.23. The number of rotatable bonds is 5. The highest BCUT2D eigenvalue weighted by Crippen LogP contribution is 2.20. The van der Waals surface area contributed by atoms with E-state index in [2.05, 4.69) is 0 Å². The van der Waals surface area contributed by atoms with Crippen LogP contribution in [0.25, 0.3) is 0 Å². The highest BCUT2D eigenvalue weighted by molar-refractivity contribution is 6.21. The largest absolute Gasteiger partial charge is 0.335 e. The monoisotopic (exact) mass is 313 g/mol. The highest BCUT2D eigenvalue weighted by Gasteiger charge is 2.41. The number of nitrogens with zero attached hydrogens (tertiary/aromatic N) is 1. The molecule has 5 heteroatoms. The van der Waals surface area contributed by atoms with Gasteiger partial charge in [-0.25, -0.2) is 9.29 Å². The van der Waals surface area contributed by atoms with Crippen molar-refractivity contribution in [1.29, 1.82) is 0 Å². The SMILES string of the molecule is O=C1C[C@H]([NH2+]CCc2ccccc2F)C(=O)N1c1ccccc1. The Morgan fingerprint density at radius 1 is 1.04 bits per heavy atom. The molecule has 2 N–H and O–H groups in total. The summed E-state index contributed by atoms with van der Waals surface area (Å²) < 4.78 is 13.6. The summed E-state index contributed by atoms with van der Waals surface area (Å²) in [7, 11) is 0. The van der Waals surface area contributed by atoms with E-state index in [1.54, 1.807) is 42.5 Å². The van der Waals surface area contributed by atoms with Crippen LogP contribution in [0.3, 0.4) is 0 Å². The number of hydrogen-bond acceptors (Lipinski definition) is 2. The Labute approximate surface area is 133 Å². The third-order valence-corrected chi connectivity index (χ3v) is 4.02. The number of carbonyl (C=O) groups excluding carboxylic acids is 2. The second-order valence-corrected chi connectivity index (χ2v) is 5.58. The predicted molar refractivity (Wildman–Crippen MR) is 84.2 cm³/mol. The second kappa shape index (κ2) is 6.71. The molecule has 0 unspecified atom stereocenters. The van der Waals surface area contributed by atoms with Gasteiger partial charge < -0.3 is 5.32 Å². The van der Waals surface area contributed by atoms with Crippen LogP contribution in [0.15, 0.2) is 54.6 Å². The van der Waals surface area contributed by atoms with Crippen LogP contribution < -0.4 is 10.2 Å². The molecule has 0 saturated carbocycles. The molecule has 0 bridgehead atoms. The normalized spacial score (nSPS) is 17.8. The van der Waals surface area contributed by atoms with Crippen LogP contribution in [0.5, 0.6) is 0 Å². The molecule has 4 nitrogen and oxygen atoms in total. The first-order valence-electron chi connectivity index (χ1n) is 7.65. The van der Waals surface area contributed by atoms with Gasteiger partial charge in [0.15, 0.2) is 6.04 Å². The molecule has 1 aliphatic rings. The summed E-state index contributed by atoms with van der Waals surface area (Å²) in [4.78, 5) is 25.8. The number of halogens is 1. The molecule has 1 atom stereocenters. The van der Waals surface area contributed by atoms with Crippen molar-refractivity contribution in [1.82, 2.24) is 0 Å². The summed E-state index contributed by atoms with van der Waals surface area (Å²) in [5, 5.41) is 1.83. The summed E-state index contributed by atoms with van der Waals surface area (Å²) in [5.74, 6) is -0.622. The van der Waals surface area contributed by atoms with E-state index in [9.17, 15) is 14.0 Å². The summed E-state index contributed by atoms with van der Waals surface area (Å²) in [6.07, 6.45) is 0.709. The van der Waals surface area contributed by atoms with Gasteiger partial charge in [0.25, 0.3) is 5.91 Å². The Morgan fingerprint density at radius 2 is 1.74 bits per heavy atom. The van der Waals surface area contributed by atoms with Gasteiger partial charge in [0, 0.05) is 6.42 Å². The van der Waals surface area contributed by atoms with Gasteiger partial charge in [0.1, 0.15) is 5.82 Å². The van der Waals surface area contributed by atoms with Crippen LogP contribution >= 0.6 is 0 Å². The van der Waals surface area contributed by atoms with Gasteiger partial charge in [-0.05, 0) is 23.8 Å². The number of hydrogen-bond donors (Lipinski definition) is 1. The average Bonchev–Trinajstić information content (AvgIpc) is 2.84. The van der Waals surface area contributed by atoms with Gasteiger partial charge in [-0.2, -0.15) is 0 Å². The third-order valence-electron chi connectivity index (χ3n) is 4.02. The molecule has 0 radical (unpaired) electrons. The van der Waals surface area contributed by atoms with E-state index in [0.29, 0.717) is 24.2 Å². The van der Waals surface area contributed by atoms with Crippen molar-refractivity contribution in [3.63, 3.8) is 0 Å². The molecule has 2 amide bonds. The summed E-state index contributed by atoms with van der Waals surface area (Å²) in [6.45, 7) is 0.563. The number of nitrogens with two attached hydrogens (primary N) is 1. The Balaban J connectivity index is 1.61. The first-order valence-corrected chi connectivity index (χ1v) is 7.65. The van der Waals surface area contributed by atoms with Crippen LogP contribution in [0, 0.1) is 5.82 Å². The Morgan fingerprint density at radius 3 is 2.48 bits per heavy atom. The zero-order valence-electron chi connectivity index (χ0n) is 12.6. The van der Waals surface area contributed by atoms with Gasteiger partial charge in [-0.3, -0.25) is 9.59 Å². The Hall–Kier alpha value is -2.53. The van der Waals surface area contributed by atoms with Crippen LogP contribution in [-0.2, 0) is 16.0 Å². The summed E-state index contributed by atoms with van der Waals surface area (Å²) >= 11 is 0. The van der Waals surface area contributed by atoms with E-state index < -0.39 is 6.04 Å². The molecule has 2 aromatic carbocycles. The van der Waals surface area contributed by atoms with Crippen LogP contribution in [0.1, 0.15) is 12.0 Å². The van der Waals surface area contributed by atoms with Crippen LogP contribution in [0.2, 0.25) is 0 Å². The number of amides is 2. The predicted octanol–water partition coefficient (Wildman–Crippen LogP) is 1.26. The molecule has 1 heterocycles. The zero-order chi connectivity index (χ0) is 16.2. The maximum Gasteiger partial charge on any atom is 0.292 e. The number of benzene rings is 2. The quantitative estimate of drug-likeness (QED) is 0.845. The molecule has 2 aromatic rings. The van der Waals surface area contributed by atoms with Crippen LogP contribution in [0.4, 0.5) is 10.1 Å². The Kier molecular flexibility index (Phi) is 4.48. The lowest BCUT2D eigenvalue weighted by Crippen LogP contribution is -2.92. The minimum atomic E-state index is -0.422. The number of carbonyl (C=O) groups is 2. The van der Waals surface area contributed by atoms with E-state index in [1.165, 1.54) is 11.0 Å². The number of imide groups is 1. The van der Waals surface area contributed by atoms with Crippen LogP contribution in [-0.4, -0.2) is 24.4 Å². The molecule has 23 heavy (non-hydrogen) atoms. The van der Waals surface area contributed by atoms with Crippen molar-refractivity contribution in [3.05, 3.63) is 66.0 Å². The fourth-order valence-electron chi connectivity index (χ4n) is 2.83. The number of anilines is 1. The molecular formula is C18H18FN2O2+. The minimum Gasteiger partial charge on any atom is -0.335 e. The lowest BCUT2D eigenvalue weighted by atomic mass is 10.1. The minimum absolute atomic E-state index is 0.186. The van der Waals surface area contributed by atoms with Crippen molar-refractivity contribution in [3.8, 4) is 0 Å². The van der Waals surface area contributed by atoms with Gasteiger partial charge in [-0.15, -0.1) is 0 Å². The topological polar surface area (TPSA) is 54.0 Å². The van der Waals surface area contributed by atoms with Crippen molar-refractivity contribution in [2.24, 2.45) is 0 Å². The molecule has 0 aromatic heterocycles. The molecule has 118 valence electrons. The average molecular weight is 313 g/mol. The van der Waals surface area contributed by atoms with E-state index in [1.807, 2.05) is 11.4 Å². The second-order valence-electron chi connectivity index (χ2n) is 5.58.